The molecule has 0 heterocycles. The van der Waals surface area contributed by atoms with Gasteiger partial charge >= 0.3 is 5.97 Å². The van der Waals surface area contributed by atoms with E-state index in [9.17, 15) is 4.79 Å². The van der Waals surface area contributed by atoms with Crippen molar-refractivity contribution < 1.29 is 9.53 Å². The highest BCUT2D eigenvalue weighted by molar-refractivity contribution is 5.72. The molecule has 15 heavy (non-hydrogen) atoms. The molecular formula is C13H16O2. The SMILES string of the molecule is C=CCC(C)OC(=O)Cc1ccccc1. The average Bonchev–Trinajstić information content (AvgIpc) is 2.19. The van der Waals surface area contributed by atoms with E-state index >= 15 is 0 Å². The smallest absolute Gasteiger partial charge is 0.310 e. The van der Waals surface area contributed by atoms with Crippen LogP contribution >= 0.6 is 0 Å². The average molecular weight is 204 g/mol. The first-order valence-electron chi connectivity index (χ1n) is 5.06. The zero-order chi connectivity index (χ0) is 11.1. The lowest BCUT2D eigenvalue weighted by molar-refractivity contribution is -0.147. The third-order valence-electron chi connectivity index (χ3n) is 2.02. The van der Waals surface area contributed by atoms with Crippen LogP contribution in [0.25, 0.3) is 0 Å². The Hall–Kier alpha value is -1.57. The molecule has 1 aromatic rings. The van der Waals surface area contributed by atoms with Gasteiger partial charge in [0.05, 0.1) is 6.42 Å². The Labute approximate surface area is 90.6 Å². The topological polar surface area (TPSA) is 26.3 Å². The van der Waals surface area contributed by atoms with Crippen molar-refractivity contribution in [1.82, 2.24) is 0 Å². The van der Waals surface area contributed by atoms with Gasteiger partial charge in [-0.15, -0.1) is 6.58 Å². The van der Waals surface area contributed by atoms with Crippen LogP contribution in [-0.4, -0.2) is 12.1 Å². The van der Waals surface area contributed by atoms with Crippen LogP contribution in [0, 0.1) is 0 Å². The Kier molecular flexibility index (Phi) is 4.61. The van der Waals surface area contributed by atoms with Crippen molar-refractivity contribution in [3.8, 4) is 0 Å². The van der Waals surface area contributed by atoms with E-state index < -0.39 is 0 Å². The van der Waals surface area contributed by atoms with Gasteiger partial charge in [-0.25, -0.2) is 0 Å². The summed E-state index contributed by atoms with van der Waals surface area (Å²) in [6.07, 6.45) is 2.70. The second-order valence-corrected chi connectivity index (χ2v) is 3.49. The minimum atomic E-state index is -0.185. The van der Waals surface area contributed by atoms with Crippen LogP contribution in [0.5, 0.6) is 0 Å². The Bertz CT molecular complexity index is 317. The molecule has 0 fully saturated rings. The molecule has 0 aliphatic carbocycles. The van der Waals surface area contributed by atoms with Gasteiger partial charge in [0.1, 0.15) is 6.10 Å². The number of carbonyl (C=O) groups is 1. The van der Waals surface area contributed by atoms with Crippen molar-refractivity contribution in [2.45, 2.75) is 25.9 Å². The molecule has 0 saturated carbocycles. The molecule has 0 saturated heterocycles. The summed E-state index contributed by atoms with van der Waals surface area (Å²) < 4.78 is 5.18. The first-order valence-corrected chi connectivity index (χ1v) is 5.06. The molecule has 1 rings (SSSR count). The van der Waals surface area contributed by atoms with Crippen molar-refractivity contribution in [1.29, 1.82) is 0 Å². The third kappa shape index (κ3) is 4.45. The Morgan fingerprint density at radius 3 is 2.73 bits per heavy atom. The van der Waals surface area contributed by atoms with Gasteiger partial charge < -0.3 is 4.74 Å². The molecule has 0 radical (unpaired) electrons. The van der Waals surface area contributed by atoms with Gasteiger partial charge in [0, 0.05) is 6.42 Å². The Balaban J connectivity index is 2.39. The highest BCUT2D eigenvalue weighted by Crippen LogP contribution is 2.04. The fraction of sp³-hybridized carbons (Fsp3) is 0.308. The van der Waals surface area contributed by atoms with E-state index in [2.05, 4.69) is 6.58 Å². The first kappa shape index (κ1) is 11.5. The molecule has 0 N–H and O–H groups in total. The molecule has 2 nitrogen and oxygen atoms in total. The van der Waals surface area contributed by atoms with E-state index in [1.807, 2.05) is 37.3 Å². The van der Waals surface area contributed by atoms with Crippen molar-refractivity contribution in [3.05, 3.63) is 48.6 Å². The molecule has 1 unspecified atom stereocenters. The van der Waals surface area contributed by atoms with Crippen LogP contribution in [0.2, 0.25) is 0 Å². The minimum absolute atomic E-state index is 0.0845. The fourth-order valence-electron chi connectivity index (χ4n) is 1.31. The lowest BCUT2D eigenvalue weighted by atomic mass is 10.1. The van der Waals surface area contributed by atoms with Crippen LogP contribution in [0.1, 0.15) is 18.9 Å². The maximum Gasteiger partial charge on any atom is 0.310 e. The van der Waals surface area contributed by atoms with Crippen molar-refractivity contribution in [3.63, 3.8) is 0 Å². The Morgan fingerprint density at radius 1 is 1.47 bits per heavy atom. The molecule has 1 atom stereocenters. The molecule has 0 aliphatic rings. The van der Waals surface area contributed by atoms with Crippen molar-refractivity contribution in [2.24, 2.45) is 0 Å². The second-order valence-electron chi connectivity index (χ2n) is 3.49. The van der Waals surface area contributed by atoms with E-state index in [1.165, 1.54) is 0 Å². The molecule has 0 spiro atoms. The minimum Gasteiger partial charge on any atom is -0.462 e. The van der Waals surface area contributed by atoms with Gasteiger partial charge in [0.15, 0.2) is 0 Å². The summed E-state index contributed by atoms with van der Waals surface area (Å²) >= 11 is 0. The zero-order valence-corrected chi connectivity index (χ0v) is 8.98. The van der Waals surface area contributed by atoms with E-state index in [-0.39, 0.29) is 12.1 Å². The van der Waals surface area contributed by atoms with Crippen molar-refractivity contribution in [2.75, 3.05) is 0 Å². The lowest BCUT2D eigenvalue weighted by Gasteiger charge is -2.10. The van der Waals surface area contributed by atoms with Crippen LogP contribution < -0.4 is 0 Å². The quantitative estimate of drug-likeness (QED) is 0.544. The van der Waals surface area contributed by atoms with Gasteiger partial charge in [0.25, 0.3) is 0 Å². The van der Waals surface area contributed by atoms with Gasteiger partial charge in [-0.05, 0) is 12.5 Å². The number of hydrogen-bond donors (Lipinski definition) is 0. The van der Waals surface area contributed by atoms with Crippen LogP contribution in [0.3, 0.4) is 0 Å². The Morgan fingerprint density at radius 2 is 2.13 bits per heavy atom. The lowest BCUT2D eigenvalue weighted by Crippen LogP contribution is -2.15. The maximum absolute atomic E-state index is 11.4. The number of hydrogen-bond acceptors (Lipinski definition) is 2. The largest absolute Gasteiger partial charge is 0.462 e. The summed E-state index contributed by atoms with van der Waals surface area (Å²) in [5.74, 6) is -0.185. The summed E-state index contributed by atoms with van der Waals surface area (Å²) in [5.41, 5.74) is 0.980. The number of carbonyl (C=O) groups excluding carboxylic acids is 1. The predicted molar refractivity (Wildman–Crippen MR) is 60.5 cm³/mol. The molecule has 2 heteroatoms. The molecular weight excluding hydrogens is 188 g/mol. The number of benzene rings is 1. The van der Waals surface area contributed by atoms with E-state index in [0.29, 0.717) is 12.8 Å². The van der Waals surface area contributed by atoms with E-state index in [1.54, 1.807) is 6.08 Å². The maximum atomic E-state index is 11.4. The summed E-state index contributed by atoms with van der Waals surface area (Å²) in [5, 5.41) is 0. The van der Waals surface area contributed by atoms with E-state index in [4.69, 9.17) is 4.74 Å². The molecule has 0 bridgehead atoms. The number of esters is 1. The fourth-order valence-corrected chi connectivity index (χ4v) is 1.31. The van der Waals surface area contributed by atoms with Gasteiger partial charge in [-0.1, -0.05) is 36.4 Å². The van der Waals surface area contributed by atoms with Crippen LogP contribution in [0.15, 0.2) is 43.0 Å². The molecule has 0 amide bonds. The van der Waals surface area contributed by atoms with Gasteiger partial charge in [-0.2, -0.15) is 0 Å². The third-order valence-corrected chi connectivity index (χ3v) is 2.02. The molecule has 80 valence electrons. The summed E-state index contributed by atoms with van der Waals surface area (Å²) in [4.78, 5) is 11.4. The summed E-state index contributed by atoms with van der Waals surface area (Å²) in [6, 6.07) is 9.58. The van der Waals surface area contributed by atoms with Crippen molar-refractivity contribution >= 4 is 5.97 Å². The monoisotopic (exact) mass is 204 g/mol. The highest BCUT2D eigenvalue weighted by atomic mass is 16.5. The molecule has 0 aliphatic heterocycles. The second kappa shape index (κ2) is 6.02. The summed E-state index contributed by atoms with van der Waals surface area (Å²) in [7, 11) is 0. The standard InChI is InChI=1S/C13H16O2/c1-3-7-11(2)15-13(14)10-12-8-5-4-6-9-12/h3-6,8-9,11H,1,7,10H2,2H3. The van der Waals surface area contributed by atoms with Crippen LogP contribution in [0.4, 0.5) is 0 Å². The van der Waals surface area contributed by atoms with E-state index in [0.717, 1.165) is 5.56 Å². The number of ether oxygens (including phenoxy) is 1. The zero-order valence-electron chi connectivity index (χ0n) is 8.98. The predicted octanol–water partition coefficient (Wildman–Crippen LogP) is 2.74. The summed E-state index contributed by atoms with van der Waals surface area (Å²) in [6.45, 7) is 5.47. The van der Waals surface area contributed by atoms with Gasteiger partial charge in [0.2, 0.25) is 0 Å². The normalized spacial score (nSPS) is 11.8. The first-order chi connectivity index (χ1) is 7.22. The molecule has 1 aromatic carbocycles. The van der Waals surface area contributed by atoms with Crippen LogP contribution in [-0.2, 0) is 16.0 Å². The molecule has 0 aromatic heterocycles. The number of rotatable bonds is 5. The highest BCUT2D eigenvalue weighted by Gasteiger charge is 2.08. The van der Waals surface area contributed by atoms with Gasteiger partial charge in [-0.3, -0.25) is 4.79 Å².